The minimum Gasteiger partial charge on any atom is -0.490 e. The van der Waals surface area contributed by atoms with Crippen molar-refractivity contribution in [3.8, 4) is 11.5 Å². The summed E-state index contributed by atoms with van der Waals surface area (Å²) in [6.45, 7) is 1.27. The largest absolute Gasteiger partial charge is 0.490 e. The van der Waals surface area contributed by atoms with Crippen LogP contribution >= 0.6 is 0 Å². The molecule has 5 nitrogen and oxygen atoms in total. The molecule has 1 aliphatic rings. The molecule has 1 aromatic carbocycles. The molecule has 0 fully saturated rings. The Morgan fingerprint density at radius 3 is 2.69 bits per heavy atom. The van der Waals surface area contributed by atoms with Crippen LogP contribution in [0.3, 0.4) is 0 Å². The lowest BCUT2D eigenvalue weighted by atomic mass is 10.2. The smallest absolute Gasteiger partial charge is 0.318 e. The Balaban J connectivity index is 2.30. The Hall–Kier alpha value is -1.91. The van der Waals surface area contributed by atoms with Gasteiger partial charge in [0.25, 0.3) is 0 Å². The maximum Gasteiger partial charge on any atom is 0.318 e. The fourth-order valence-corrected chi connectivity index (χ4v) is 1.49. The van der Waals surface area contributed by atoms with E-state index in [1.54, 1.807) is 25.2 Å². The van der Waals surface area contributed by atoms with Crippen molar-refractivity contribution in [1.29, 1.82) is 0 Å². The van der Waals surface area contributed by atoms with E-state index in [4.69, 9.17) is 15.2 Å². The Morgan fingerprint density at radius 2 is 2.00 bits per heavy atom. The highest BCUT2D eigenvalue weighted by Crippen LogP contribution is 2.33. The Labute approximate surface area is 93.7 Å². The minimum absolute atomic E-state index is 0.505. The molecule has 2 N–H and O–H groups in total. The predicted octanol–water partition coefficient (Wildman–Crippen LogP) is 1.36. The van der Waals surface area contributed by atoms with Crippen molar-refractivity contribution < 1.29 is 14.3 Å². The van der Waals surface area contributed by atoms with Crippen LogP contribution in [0.5, 0.6) is 11.5 Å². The summed E-state index contributed by atoms with van der Waals surface area (Å²) in [7, 11) is 1.61. The number of hydrogen-bond acceptors (Lipinski definition) is 3. The molecule has 86 valence electrons. The summed E-state index contributed by atoms with van der Waals surface area (Å²) in [4.78, 5) is 12.4. The monoisotopic (exact) mass is 222 g/mol. The number of ether oxygens (including phenoxy) is 2. The molecule has 2 rings (SSSR count). The van der Waals surface area contributed by atoms with Crippen LogP contribution in [0, 0.1) is 0 Å². The van der Waals surface area contributed by atoms with Gasteiger partial charge in [0.1, 0.15) is 0 Å². The van der Waals surface area contributed by atoms with Gasteiger partial charge in [-0.2, -0.15) is 0 Å². The molecule has 0 radical (unpaired) electrons. The third kappa shape index (κ3) is 2.03. The van der Waals surface area contributed by atoms with E-state index >= 15 is 0 Å². The first-order valence-corrected chi connectivity index (χ1v) is 5.11. The first-order valence-electron chi connectivity index (χ1n) is 5.11. The number of amides is 2. The molecule has 16 heavy (non-hydrogen) atoms. The number of rotatable bonds is 1. The highest BCUT2D eigenvalue weighted by atomic mass is 16.5. The van der Waals surface area contributed by atoms with Crippen LogP contribution in [-0.4, -0.2) is 26.3 Å². The quantitative estimate of drug-likeness (QED) is 0.780. The molecule has 1 aromatic rings. The van der Waals surface area contributed by atoms with E-state index in [0.717, 1.165) is 6.42 Å². The van der Waals surface area contributed by atoms with Crippen molar-refractivity contribution in [2.24, 2.45) is 5.73 Å². The second kappa shape index (κ2) is 4.30. The van der Waals surface area contributed by atoms with E-state index in [1.165, 1.54) is 4.90 Å². The van der Waals surface area contributed by atoms with Gasteiger partial charge in [0, 0.05) is 25.2 Å². The van der Waals surface area contributed by atoms with Gasteiger partial charge in [-0.15, -0.1) is 0 Å². The SMILES string of the molecule is CN(C(N)=O)c1ccc2c(c1)OCCCO2. The van der Waals surface area contributed by atoms with Crippen molar-refractivity contribution in [1.82, 2.24) is 0 Å². The summed E-state index contributed by atoms with van der Waals surface area (Å²) >= 11 is 0. The van der Waals surface area contributed by atoms with Gasteiger partial charge >= 0.3 is 6.03 Å². The van der Waals surface area contributed by atoms with Crippen molar-refractivity contribution in [2.75, 3.05) is 25.2 Å². The molecule has 2 amide bonds. The zero-order valence-corrected chi connectivity index (χ0v) is 9.10. The van der Waals surface area contributed by atoms with Crippen molar-refractivity contribution in [3.05, 3.63) is 18.2 Å². The van der Waals surface area contributed by atoms with Gasteiger partial charge in [-0.25, -0.2) is 4.79 Å². The number of carbonyl (C=O) groups is 1. The molecule has 0 aliphatic carbocycles. The summed E-state index contributed by atoms with van der Waals surface area (Å²) in [6.07, 6.45) is 0.857. The topological polar surface area (TPSA) is 64.8 Å². The molecule has 0 bridgehead atoms. The van der Waals surface area contributed by atoms with Crippen LogP contribution in [0.25, 0.3) is 0 Å². The predicted molar refractivity (Wildman–Crippen MR) is 60.0 cm³/mol. The van der Waals surface area contributed by atoms with E-state index in [0.29, 0.717) is 30.4 Å². The number of fused-ring (bicyclic) bond motifs is 1. The molecule has 0 saturated heterocycles. The lowest BCUT2D eigenvalue weighted by Crippen LogP contribution is -2.31. The van der Waals surface area contributed by atoms with Crippen LogP contribution in [0.15, 0.2) is 18.2 Å². The molecule has 1 heterocycles. The van der Waals surface area contributed by atoms with E-state index in [9.17, 15) is 4.79 Å². The number of carbonyl (C=O) groups excluding carboxylic acids is 1. The highest BCUT2D eigenvalue weighted by molar-refractivity contribution is 5.90. The van der Waals surface area contributed by atoms with Crippen LogP contribution < -0.4 is 20.1 Å². The zero-order chi connectivity index (χ0) is 11.5. The van der Waals surface area contributed by atoms with Gasteiger partial charge in [0.15, 0.2) is 11.5 Å². The molecule has 0 spiro atoms. The first kappa shape index (κ1) is 10.6. The molecular weight excluding hydrogens is 208 g/mol. The third-order valence-corrected chi connectivity index (χ3v) is 2.45. The molecule has 5 heteroatoms. The molecule has 1 aliphatic heterocycles. The third-order valence-electron chi connectivity index (χ3n) is 2.45. The normalized spacial score (nSPS) is 14.1. The molecule has 0 aromatic heterocycles. The summed E-state index contributed by atoms with van der Waals surface area (Å²) in [6, 6.07) is 4.81. The van der Waals surface area contributed by atoms with Crippen molar-refractivity contribution >= 4 is 11.7 Å². The maximum atomic E-state index is 11.0. The Morgan fingerprint density at radius 1 is 1.31 bits per heavy atom. The number of nitrogens with zero attached hydrogens (tertiary/aromatic N) is 1. The number of primary amides is 1. The van der Waals surface area contributed by atoms with Crippen LogP contribution in [-0.2, 0) is 0 Å². The molecule has 0 atom stereocenters. The number of anilines is 1. The highest BCUT2D eigenvalue weighted by Gasteiger charge is 2.13. The van der Waals surface area contributed by atoms with Gasteiger partial charge < -0.3 is 15.2 Å². The van der Waals surface area contributed by atoms with E-state index in [1.807, 2.05) is 0 Å². The lowest BCUT2D eigenvalue weighted by molar-refractivity contribution is 0.255. The van der Waals surface area contributed by atoms with Crippen LogP contribution in [0.2, 0.25) is 0 Å². The van der Waals surface area contributed by atoms with E-state index in [2.05, 4.69) is 0 Å². The molecular formula is C11H14N2O3. The Kier molecular flexibility index (Phi) is 2.85. The number of nitrogens with two attached hydrogens (primary N) is 1. The van der Waals surface area contributed by atoms with Crippen molar-refractivity contribution in [2.45, 2.75) is 6.42 Å². The second-order valence-electron chi connectivity index (χ2n) is 3.58. The summed E-state index contributed by atoms with van der Waals surface area (Å²) in [5.41, 5.74) is 5.88. The van der Waals surface area contributed by atoms with Gasteiger partial charge in [0.05, 0.1) is 13.2 Å². The summed E-state index contributed by atoms with van der Waals surface area (Å²) < 4.78 is 11.0. The van der Waals surface area contributed by atoms with Crippen LogP contribution in [0.1, 0.15) is 6.42 Å². The van der Waals surface area contributed by atoms with Gasteiger partial charge in [-0.3, -0.25) is 4.90 Å². The van der Waals surface area contributed by atoms with Crippen LogP contribution in [0.4, 0.5) is 10.5 Å². The van der Waals surface area contributed by atoms with Crippen molar-refractivity contribution in [3.63, 3.8) is 0 Å². The fourth-order valence-electron chi connectivity index (χ4n) is 1.49. The van der Waals surface area contributed by atoms with Gasteiger partial charge in [-0.05, 0) is 12.1 Å². The fraction of sp³-hybridized carbons (Fsp3) is 0.364. The molecule has 0 unspecified atom stereocenters. The second-order valence-corrected chi connectivity index (χ2v) is 3.58. The number of benzene rings is 1. The average molecular weight is 222 g/mol. The minimum atomic E-state index is -0.505. The maximum absolute atomic E-state index is 11.0. The number of urea groups is 1. The first-order chi connectivity index (χ1) is 7.68. The van der Waals surface area contributed by atoms with Gasteiger partial charge in [0.2, 0.25) is 0 Å². The summed E-state index contributed by atoms with van der Waals surface area (Å²) in [5.74, 6) is 1.36. The van der Waals surface area contributed by atoms with Gasteiger partial charge in [-0.1, -0.05) is 0 Å². The average Bonchev–Trinajstić information content (AvgIpc) is 2.51. The lowest BCUT2D eigenvalue weighted by Gasteiger charge is -2.16. The molecule has 0 saturated carbocycles. The van der Waals surface area contributed by atoms with E-state index in [-0.39, 0.29) is 0 Å². The zero-order valence-electron chi connectivity index (χ0n) is 9.10. The summed E-state index contributed by atoms with van der Waals surface area (Å²) in [5, 5.41) is 0. The number of hydrogen-bond donors (Lipinski definition) is 1. The van der Waals surface area contributed by atoms with E-state index < -0.39 is 6.03 Å². The Bertz CT molecular complexity index is 406. The standard InChI is InChI=1S/C11H14N2O3/c1-13(11(12)14)8-3-4-9-10(7-8)16-6-2-5-15-9/h3-4,7H,2,5-6H2,1H3,(H2,12,14).